The Morgan fingerprint density at radius 3 is 1.27 bits per heavy atom. The maximum Gasteiger partial charge on any atom is 0.407 e. The maximum absolute atomic E-state index is 14.6. The Hall–Kier alpha value is -11.2. The number of unbranched alkanes of at least 4 members (excludes halogenated alkanes) is 1. The van der Waals surface area contributed by atoms with Gasteiger partial charge in [0, 0.05) is 45.3 Å². The zero-order valence-electron chi connectivity index (χ0n) is 88.5. The molecule has 12 rings (SSSR count). The van der Waals surface area contributed by atoms with Gasteiger partial charge in [-0.3, -0.25) is 57.5 Å². The highest BCUT2D eigenvalue weighted by atomic mass is 16.6. The van der Waals surface area contributed by atoms with Crippen LogP contribution in [0.2, 0.25) is 0 Å². The van der Waals surface area contributed by atoms with Crippen LogP contribution >= 0.6 is 0 Å². The van der Waals surface area contributed by atoms with Crippen molar-refractivity contribution in [3.8, 4) is 0 Å². The van der Waals surface area contributed by atoms with Crippen LogP contribution in [0.5, 0.6) is 0 Å². The summed E-state index contributed by atoms with van der Waals surface area (Å²) in [4.78, 5) is 242. The predicted molar refractivity (Wildman–Crippen MR) is 537 cm³/mol. The molecule has 3 saturated heterocycles. The molecule has 3 heterocycles. The van der Waals surface area contributed by atoms with Crippen LogP contribution in [-0.4, -0.2) is 259 Å². The maximum atomic E-state index is 14.6. The van der Waals surface area contributed by atoms with E-state index in [1.807, 2.05) is 114 Å². The van der Waals surface area contributed by atoms with E-state index in [0.717, 1.165) is 94.6 Å². The van der Waals surface area contributed by atoms with Crippen LogP contribution in [0.25, 0.3) is 0 Å². The number of alkyl carbamates (subject to hydrolysis) is 3. The minimum atomic E-state index is -1.10. The summed E-state index contributed by atoms with van der Waals surface area (Å²) in [6, 6.07) is -3.98. The minimum absolute atomic E-state index is 0.0332. The predicted octanol–water partition coefficient (Wildman–Crippen LogP) is 7.55. The van der Waals surface area contributed by atoms with E-state index in [2.05, 4.69) is 117 Å². The second kappa shape index (κ2) is 48.9. The van der Waals surface area contributed by atoms with Crippen LogP contribution in [0, 0.1) is 104 Å². The Balaban J connectivity index is 0.000000222. The standard InChI is InChI=1S/C36H52N6O7.C36H60N6O7.C33H54N6O7/c1-18(2)26(17-49-35(48)38-19(3)4)40-34(47)41-28(23-14-21-9-7-8-10-22(21)15-23)33(46)42-16-24-27(36(24,5)6)29(42)32(45)39-25(13-20-11-12-20)30(43)31(37)44;1-9-12-18-24(29(43)31(45)38-19-10-2)39-30(44)28-26-23(36(26,7)8)20-42(28)32(46)27(22-16-14-13-15-17-22)41-33(47)40-25(35(4,5)6)21-49-34(48)37-11-3;1-17(2)22(16-46-31(45)35-14-19-11-12-19)37-30(44)38-26(32(3,4)5)29(43)39-15-20-23(33(20,6)7)24(39)28(42)36-21(25(40)27(34)41)13-18-9-8-10-18/h7-10,18-20,23-29H,11-17H2,1-6H3,(H2,37,44)(H,38,48)(H,39,45)(H2,40,41,47);10,22-28H,2,9,11-21H2,1,3-8H3,(H,37,48)(H,38,45)(H,39,44)(H2,40,41,47);17-24,26H,8-16H2,1-7H3,(H2,34,41)(H,35,45)(H,36,42)(H2,37,38,44)/t24-,25?,26+,27-,28-,29-;23-,24?,25+,26-,27-,28-;20-,21?,22+,23-,24-,26+/m000/s1. The van der Waals surface area contributed by atoms with Crippen molar-refractivity contribution in [3.63, 3.8) is 0 Å². The van der Waals surface area contributed by atoms with Crippen LogP contribution in [0.15, 0.2) is 36.9 Å². The van der Waals surface area contributed by atoms with Gasteiger partial charge >= 0.3 is 36.4 Å². The van der Waals surface area contributed by atoms with E-state index in [-0.39, 0.29) is 131 Å². The zero-order valence-corrected chi connectivity index (χ0v) is 88.5. The van der Waals surface area contributed by atoms with Crippen LogP contribution < -0.4 is 80.6 Å². The van der Waals surface area contributed by atoms with Gasteiger partial charge in [-0.1, -0.05) is 212 Å². The van der Waals surface area contributed by atoms with E-state index in [1.165, 1.54) is 11.0 Å². The molecule has 18 amide bonds. The first-order valence-electron chi connectivity index (χ1n) is 52.5. The number of nitrogens with one attached hydrogen (secondary N) is 13. The summed E-state index contributed by atoms with van der Waals surface area (Å²) < 4.78 is 16.1. The Kier molecular flexibility index (Phi) is 39.0. The number of Topliss-reactive ketones (excluding diaryl/α,β-unsaturated/α-hetero) is 3. The summed E-state index contributed by atoms with van der Waals surface area (Å²) in [5.74, 6) is -7.65. The summed E-state index contributed by atoms with van der Waals surface area (Å²) in [5.41, 5.74) is 11.1. The van der Waals surface area contributed by atoms with Crippen molar-refractivity contribution in [3.05, 3.63) is 48.0 Å². The summed E-state index contributed by atoms with van der Waals surface area (Å²) >= 11 is 0. The third-order valence-corrected chi connectivity index (χ3v) is 32.1. The number of piperidine rings is 3. The normalized spacial score (nSPS) is 24.1. The van der Waals surface area contributed by atoms with Crippen molar-refractivity contribution in [1.82, 2.24) is 83.8 Å². The molecule has 39 heteroatoms. The molecule has 0 radical (unpaired) electrons. The molecule has 802 valence electrons. The van der Waals surface area contributed by atoms with E-state index < -0.39 is 178 Å². The average Bonchev–Trinajstić information content (AvgIpc) is 1.53. The summed E-state index contributed by atoms with van der Waals surface area (Å²) in [6.45, 7) is 44.2. The van der Waals surface area contributed by atoms with E-state index >= 15 is 0 Å². The Morgan fingerprint density at radius 1 is 0.451 bits per heavy atom. The SMILES string of the molecule is C=CCNC(=O)C(=O)C(CCCC)NC(=O)[C@@H]1[C@@H]2[C@H](CN1C(=O)[C@@H](NC(=O)N[C@H](COC(=O)NCC)C(C)(C)C)C1CCCCC1)C2(C)C.CC(C)NC(=O)OC[C@@H](NC(=O)N[C@H](C(=O)N1C[C@H]2[C@@H]([C@H]1C(=O)NC(CC1CC1)C(=O)C(N)=O)C2(C)C)C1Cc2ccccc2C1)C(C)C.CC(C)[C@@H](COC(=O)NCC1CC1)NC(=O)N[C@H](C(=O)N1C[C@H]2[C@@H]([C@H]1C(=O)NC(CC1CCC1)C(=O)C(N)=O)C2(C)C)C(C)(C)C. The first kappa shape index (κ1) is 115. The highest BCUT2D eigenvalue weighted by Crippen LogP contribution is 2.67. The molecule has 0 bridgehead atoms. The molecule has 3 unspecified atom stereocenters. The number of benzene rings is 1. The first-order chi connectivity index (χ1) is 67.6. The molecule has 1 aromatic carbocycles. The molecule has 17 N–H and O–H groups in total. The highest BCUT2D eigenvalue weighted by molar-refractivity contribution is 6.39. The van der Waals surface area contributed by atoms with E-state index in [0.29, 0.717) is 77.2 Å². The van der Waals surface area contributed by atoms with Gasteiger partial charge in [-0.15, -0.1) is 6.58 Å². The van der Waals surface area contributed by atoms with Crippen molar-refractivity contribution in [2.24, 2.45) is 115 Å². The van der Waals surface area contributed by atoms with Gasteiger partial charge in [0.05, 0.1) is 36.3 Å². The summed E-state index contributed by atoms with van der Waals surface area (Å²) in [6.07, 6.45) is 14.6. The summed E-state index contributed by atoms with van der Waals surface area (Å²) in [5, 5.41) is 36.4. The Morgan fingerprint density at radius 2 is 0.868 bits per heavy atom. The largest absolute Gasteiger partial charge is 0.447 e. The number of fused-ring (bicyclic) bond motifs is 4. The first-order valence-corrected chi connectivity index (χ1v) is 52.5. The van der Waals surface area contributed by atoms with Gasteiger partial charge in [-0.2, -0.15) is 0 Å². The van der Waals surface area contributed by atoms with Gasteiger partial charge in [0.25, 0.3) is 17.7 Å². The third kappa shape index (κ3) is 29.6. The fourth-order valence-electron chi connectivity index (χ4n) is 22.0. The van der Waals surface area contributed by atoms with Crippen molar-refractivity contribution >= 4 is 107 Å². The van der Waals surface area contributed by atoms with E-state index in [4.69, 9.17) is 25.7 Å². The number of rotatable bonds is 44. The number of hydrogen-bond acceptors (Lipinski definition) is 21. The number of carbonyl (C=O) groups is 18. The lowest BCUT2D eigenvalue weighted by molar-refractivity contribution is -0.145. The lowest BCUT2D eigenvalue weighted by Crippen LogP contribution is -2.62. The van der Waals surface area contributed by atoms with Gasteiger partial charge in [0.1, 0.15) is 56.1 Å². The fourth-order valence-corrected chi connectivity index (χ4v) is 22.0. The molecule has 10 fully saturated rings. The second-order valence-electron chi connectivity index (χ2n) is 47.0. The average molecular weight is 2020 g/mol. The second-order valence-corrected chi connectivity index (χ2v) is 47.0. The highest BCUT2D eigenvalue weighted by Gasteiger charge is 2.73. The molecule has 11 aliphatic rings. The number of ether oxygens (including phenoxy) is 3. The van der Waals surface area contributed by atoms with Crippen LogP contribution in [0.3, 0.4) is 0 Å². The molecule has 144 heavy (non-hydrogen) atoms. The summed E-state index contributed by atoms with van der Waals surface area (Å²) in [7, 11) is 0. The van der Waals surface area contributed by atoms with Crippen molar-refractivity contribution < 1.29 is 101 Å². The topological polar surface area (TPSA) is 553 Å². The molecule has 8 aliphatic carbocycles. The Bertz CT molecular complexity index is 4810. The molecule has 7 saturated carbocycles. The number of hydrogen-bond donors (Lipinski definition) is 15. The monoisotopic (exact) mass is 2020 g/mol. The van der Waals surface area contributed by atoms with E-state index in [9.17, 15) is 86.3 Å². The van der Waals surface area contributed by atoms with Gasteiger partial charge in [-0.25, -0.2) is 28.8 Å². The lowest BCUT2D eigenvalue weighted by Gasteiger charge is -2.38. The number of carbonyl (C=O) groups excluding carboxylic acids is 18. The lowest BCUT2D eigenvalue weighted by atomic mass is 9.80. The molecular weight excluding hydrogens is 1850 g/mol. The molecule has 1 aromatic rings. The molecule has 0 aromatic heterocycles. The van der Waals surface area contributed by atoms with Crippen molar-refractivity contribution in [2.45, 2.75) is 339 Å². The van der Waals surface area contributed by atoms with Crippen LogP contribution in [0.4, 0.5) is 28.8 Å². The zero-order chi connectivity index (χ0) is 106. The minimum Gasteiger partial charge on any atom is -0.447 e. The van der Waals surface area contributed by atoms with Crippen molar-refractivity contribution in [2.75, 3.05) is 59.1 Å². The van der Waals surface area contributed by atoms with Crippen LogP contribution in [0.1, 0.15) is 259 Å². The number of urea groups is 3. The fraction of sp³-hybridized carbons (Fsp3) is 0.752. The quantitative estimate of drug-likeness (QED) is 0.0170. The number of likely N-dealkylation sites (tertiary alicyclic amines) is 3. The molecule has 39 nitrogen and oxygen atoms in total. The third-order valence-electron chi connectivity index (χ3n) is 32.1. The van der Waals surface area contributed by atoms with Gasteiger partial charge < -0.3 is 109 Å². The number of nitrogens with zero attached hydrogens (tertiary/aromatic N) is 3. The van der Waals surface area contributed by atoms with Crippen molar-refractivity contribution in [1.29, 1.82) is 0 Å². The van der Waals surface area contributed by atoms with E-state index in [1.54, 1.807) is 16.7 Å². The van der Waals surface area contributed by atoms with Gasteiger partial charge in [0.2, 0.25) is 52.8 Å². The van der Waals surface area contributed by atoms with Gasteiger partial charge in [0.15, 0.2) is 0 Å². The molecule has 0 spiro atoms. The molecule has 18 atom stereocenters. The van der Waals surface area contributed by atoms with Gasteiger partial charge in [-0.05, 0) is 194 Å². The number of ketones is 3. The molecule has 3 aliphatic heterocycles. The molecular formula is C105H166N18O21. The van der Waals surface area contributed by atoms with Crippen LogP contribution in [-0.2, 0) is 84.6 Å². The number of amides is 18. The smallest absolute Gasteiger partial charge is 0.407 e. The number of primary amides is 2. The Labute approximate surface area is 848 Å². The number of nitrogens with two attached hydrogens (primary N) is 2.